The molecule has 0 bridgehead atoms. The summed E-state index contributed by atoms with van der Waals surface area (Å²) in [5.74, 6) is -2.87. The predicted octanol–water partition coefficient (Wildman–Crippen LogP) is 0.999. The van der Waals surface area contributed by atoms with E-state index in [4.69, 9.17) is 15.9 Å². The highest BCUT2D eigenvalue weighted by atomic mass is 16.4. The van der Waals surface area contributed by atoms with Gasteiger partial charge in [-0.25, -0.2) is 19.6 Å². The molecular formula is C13H11N3O4. The zero-order chi connectivity index (χ0) is 14.7. The van der Waals surface area contributed by atoms with Crippen molar-refractivity contribution in [1.82, 2.24) is 9.97 Å². The Bertz CT molecular complexity index is 668. The first-order valence-electron chi connectivity index (χ1n) is 5.66. The summed E-state index contributed by atoms with van der Waals surface area (Å²) in [4.78, 5) is 29.4. The Balaban J connectivity index is 2.49. The SMILES string of the molecule is NCc1ccc(-c2cnc(C(=O)O)c(C(=O)O)n2)cc1. The first-order chi connectivity index (χ1) is 9.52. The molecule has 0 fully saturated rings. The van der Waals surface area contributed by atoms with Gasteiger partial charge in [0, 0.05) is 12.1 Å². The standard InChI is InChI=1S/C13H11N3O4/c14-5-7-1-3-8(4-2-7)9-6-15-10(12(17)18)11(16-9)13(19)20/h1-4,6H,5,14H2,(H,17,18)(H,19,20). The minimum atomic E-state index is -1.43. The second-order valence-corrected chi connectivity index (χ2v) is 3.96. The van der Waals surface area contributed by atoms with E-state index in [1.807, 2.05) is 0 Å². The van der Waals surface area contributed by atoms with Gasteiger partial charge in [-0.05, 0) is 5.56 Å². The van der Waals surface area contributed by atoms with Gasteiger partial charge in [0.2, 0.25) is 0 Å². The molecule has 1 heterocycles. The lowest BCUT2D eigenvalue weighted by molar-refractivity contribution is 0.0641. The van der Waals surface area contributed by atoms with Crippen molar-refractivity contribution in [2.45, 2.75) is 6.54 Å². The van der Waals surface area contributed by atoms with Crippen LogP contribution >= 0.6 is 0 Å². The van der Waals surface area contributed by atoms with Gasteiger partial charge in [0.15, 0.2) is 11.4 Å². The third-order valence-electron chi connectivity index (χ3n) is 2.66. The topological polar surface area (TPSA) is 126 Å². The summed E-state index contributed by atoms with van der Waals surface area (Å²) in [7, 11) is 0. The number of carbonyl (C=O) groups is 2. The van der Waals surface area contributed by atoms with Crippen molar-refractivity contribution in [1.29, 1.82) is 0 Å². The van der Waals surface area contributed by atoms with E-state index in [1.165, 1.54) is 6.20 Å². The second kappa shape index (κ2) is 5.45. The highest BCUT2D eigenvalue weighted by Crippen LogP contribution is 2.18. The summed E-state index contributed by atoms with van der Waals surface area (Å²) in [6.45, 7) is 0.393. The molecule has 0 aliphatic heterocycles. The maximum Gasteiger partial charge on any atom is 0.357 e. The molecule has 4 N–H and O–H groups in total. The zero-order valence-corrected chi connectivity index (χ0v) is 10.3. The number of aromatic nitrogens is 2. The van der Waals surface area contributed by atoms with Crippen LogP contribution in [0.3, 0.4) is 0 Å². The van der Waals surface area contributed by atoms with Crippen molar-refractivity contribution in [3.63, 3.8) is 0 Å². The Morgan fingerprint density at radius 3 is 2.15 bits per heavy atom. The van der Waals surface area contributed by atoms with E-state index in [2.05, 4.69) is 9.97 Å². The molecule has 20 heavy (non-hydrogen) atoms. The third-order valence-corrected chi connectivity index (χ3v) is 2.66. The minimum absolute atomic E-state index is 0.288. The number of hydrogen-bond acceptors (Lipinski definition) is 5. The minimum Gasteiger partial charge on any atom is -0.476 e. The molecule has 1 aromatic heterocycles. The Morgan fingerprint density at radius 1 is 1.05 bits per heavy atom. The summed E-state index contributed by atoms with van der Waals surface area (Å²) in [5.41, 5.74) is 6.16. The summed E-state index contributed by atoms with van der Waals surface area (Å²) in [6, 6.07) is 7.00. The van der Waals surface area contributed by atoms with Gasteiger partial charge in [-0.3, -0.25) is 0 Å². The quantitative estimate of drug-likeness (QED) is 0.758. The largest absolute Gasteiger partial charge is 0.476 e. The molecule has 102 valence electrons. The van der Waals surface area contributed by atoms with Crippen molar-refractivity contribution >= 4 is 11.9 Å². The number of aromatic carboxylic acids is 2. The first-order valence-corrected chi connectivity index (χ1v) is 5.66. The molecular weight excluding hydrogens is 262 g/mol. The van der Waals surface area contributed by atoms with Crippen molar-refractivity contribution in [3.05, 3.63) is 47.4 Å². The predicted molar refractivity (Wildman–Crippen MR) is 69.3 cm³/mol. The molecule has 0 unspecified atom stereocenters. The van der Waals surface area contributed by atoms with Crippen LogP contribution < -0.4 is 5.73 Å². The van der Waals surface area contributed by atoms with E-state index in [0.29, 0.717) is 12.1 Å². The van der Waals surface area contributed by atoms with Crippen molar-refractivity contribution < 1.29 is 19.8 Å². The first kappa shape index (κ1) is 13.6. The van der Waals surface area contributed by atoms with E-state index < -0.39 is 23.3 Å². The van der Waals surface area contributed by atoms with Crippen LogP contribution in [0, 0.1) is 0 Å². The maximum atomic E-state index is 11.0. The fraction of sp³-hybridized carbons (Fsp3) is 0.0769. The fourth-order valence-corrected chi connectivity index (χ4v) is 1.65. The van der Waals surface area contributed by atoms with E-state index >= 15 is 0 Å². The molecule has 0 aliphatic rings. The van der Waals surface area contributed by atoms with Gasteiger partial charge in [-0.2, -0.15) is 0 Å². The van der Waals surface area contributed by atoms with Gasteiger partial charge >= 0.3 is 11.9 Å². The van der Waals surface area contributed by atoms with Crippen LogP contribution in [0.25, 0.3) is 11.3 Å². The second-order valence-electron chi connectivity index (χ2n) is 3.96. The van der Waals surface area contributed by atoms with Gasteiger partial charge < -0.3 is 15.9 Å². The molecule has 7 nitrogen and oxygen atoms in total. The molecule has 0 atom stereocenters. The highest BCUT2D eigenvalue weighted by Gasteiger charge is 2.20. The summed E-state index contributed by atoms with van der Waals surface area (Å²) in [6.07, 6.45) is 1.23. The number of rotatable bonds is 4. The van der Waals surface area contributed by atoms with E-state index in [9.17, 15) is 9.59 Å². The van der Waals surface area contributed by atoms with Gasteiger partial charge in [0.25, 0.3) is 0 Å². The molecule has 0 radical (unpaired) electrons. The molecule has 7 heteroatoms. The lowest BCUT2D eigenvalue weighted by Crippen LogP contribution is -2.13. The number of carboxylic acid groups (broad SMARTS) is 2. The molecule has 0 amide bonds. The smallest absolute Gasteiger partial charge is 0.357 e. The van der Waals surface area contributed by atoms with Crippen molar-refractivity contribution in [2.24, 2.45) is 5.73 Å². The van der Waals surface area contributed by atoms with E-state index in [1.54, 1.807) is 24.3 Å². The summed E-state index contributed by atoms with van der Waals surface area (Å²) < 4.78 is 0. The van der Waals surface area contributed by atoms with Gasteiger partial charge in [0.1, 0.15) is 0 Å². The monoisotopic (exact) mass is 273 g/mol. The van der Waals surface area contributed by atoms with Crippen LogP contribution in [-0.2, 0) is 6.54 Å². The molecule has 2 rings (SSSR count). The van der Waals surface area contributed by atoms with Crippen LogP contribution in [0.2, 0.25) is 0 Å². The normalized spacial score (nSPS) is 10.2. The molecule has 2 aromatic rings. The number of nitrogens with zero attached hydrogens (tertiary/aromatic N) is 2. The third kappa shape index (κ3) is 2.62. The lowest BCUT2D eigenvalue weighted by atomic mass is 10.1. The number of benzene rings is 1. The lowest BCUT2D eigenvalue weighted by Gasteiger charge is -2.05. The van der Waals surface area contributed by atoms with Crippen LogP contribution in [0.15, 0.2) is 30.5 Å². The number of nitrogens with two attached hydrogens (primary N) is 1. The van der Waals surface area contributed by atoms with Crippen LogP contribution in [0.1, 0.15) is 26.5 Å². The van der Waals surface area contributed by atoms with Crippen LogP contribution in [0.4, 0.5) is 0 Å². The number of carboxylic acids is 2. The molecule has 1 aromatic carbocycles. The van der Waals surface area contributed by atoms with Crippen molar-refractivity contribution in [2.75, 3.05) is 0 Å². The van der Waals surface area contributed by atoms with Crippen LogP contribution in [-0.4, -0.2) is 32.1 Å². The average molecular weight is 273 g/mol. The number of hydrogen-bond donors (Lipinski definition) is 3. The highest BCUT2D eigenvalue weighted by molar-refractivity contribution is 5.99. The summed E-state index contributed by atoms with van der Waals surface area (Å²) in [5, 5.41) is 17.9. The Hall–Kier alpha value is -2.80. The van der Waals surface area contributed by atoms with Crippen molar-refractivity contribution in [3.8, 4) is 11.3 Å². The maximum absolute atomic E-state index is 11.0. The summed E-state index contributed by atoms with van der Waals surface area (Å²) >= 11 is 0. The molecule has 0 aliphatic carbocycles. The molecule has 0 saturated heterocycles. The van der Waals surface area contributed by atoms with E-state index in [0.717, 1.165) is 5.56 Å². The van der Waals surface area contributed by atoms with E-state index in [-0.39, 0.29) is 5.69 Å². The van der Waals surface area contributed by atoms with Gasteiger partial charge in [-0.1, -0.05) is 24.3 Å². The Kier molecular flexibility index (Phi) is 3.72. The molecule has 0 spiro atoms. The Labute approximate surface area is 113 Å². The van der Waals surface area contributed by atoms with Gasteiger partial charge in [0.05, 0.1) is 11.9 Å². The molecule has 0 saturated carbocycles. The van der Waals surface area contributed by atoms with Crippen LogP contribution in [0.5, 0.6) is 0 Å². The zero-order valence-electron chi connectivity index (χ0n) is 10.3. The Morgan fingerprint density at radius 2 is 1.65 bits per heavy atom. The average Bonchev–Trinajstić information content (AvgIpc) is 2.46. The fourth-order valence-electron chi connectivity index (χ4n) is 1.65. The van der Waals surface area contributed by atoms with Gasteiger partial charge in [-0.15, -0.1) is 0 Å².